The Labute approximate surface area is 156 Å². The Morgan fingerprint density at radius 3 is 2.69 bits per heavy atom. The first-order chi connectivity index (χ1) is 12.3. The fraction of sp³-hybridized carbons (Fsp3) is 0.176. The molecule has 26 heavy (non-hydrogen) atoms. The molecule has 4 nitrogen and oxygen atoms in total. The molecule has 0 saturated carbocycles. The molecule has 1 aromatic heterocycles. The molecule has 0 radical (unpaired) electrons. The predicted molar refractivity (Wildman–Crippen MR) is 95.3 cm³/mol. The minimum Gasteiger partial charge on any atom is -0.325 e. The number of H-pyrrole nitrogens is 1. The maximum Gasteiger partial charge on any atom is 0.417 e. The van der Waals surface area contributed by atoms with Crippen molar-refractivity contribution in [3.05, 3.63) is 53.1 Å². The average molecular weight is 401 g/mol. The lowest BCUT2D eigenvalue weighted by Gasteiger charge is -2.11. The molecule has 0 aliphatic heterocycles. The van der Waals surface area contributed by atoms with Gasteiger partial charge in [0.05, 0.1) is 23.4 Å². The van der Waals surface area contributed by atoms with Gasteiger partial charge in [0.15, 0.2) is 11.0 Å². The number of aromatic nitrogens is 2. The summed E-state index contributed by atoms with van der Waals surface area (Å²) in [6, 6.07) is 11.0. The van der Waals surface area contributed by atoms with Crippen molar-refractivity contribution in [2.24, 2.45) is 7.05 Å². The van der Waals surface area contributed by atoms with Gasteiger partial charge in [-0.1, -0.05) is 23.7 Å². The molecule has 2 aromatic carbocycles. The average Bonchev–Trinajstić information content (AvgIpc) is 2.90. The molecule has 0 spiro atoms. The lowest BCUT2D eigenvalue weighted by molar-refractivity contribution is -0.683. The van der Waals surface area contributed by atoms with Crippen LogP contribution >= 0.6 is 23.4 Å². The molecule has 0 unspecified atom stereocenters. The Kier molecular flexibility index (Phi) is 5.15. The molecule has 0 saturated heterocycles. The number of amides is 1. The lowest BCUT2D eigenvalue weighted by Crippen LogP contribution is -2.29. The Bertz CT molecular complexity index is 972. The highest BCUT2D eigenvalue weighted by atomic mass is 35.5. The molecular weight excluding hydrogens is 387 g/mol. The van der Waals surface area contributed by atoms with E-state index < -0.39 is 22.7 Å². The molecule has 0 aliphatic carbocycles. The van der Waals surface area contributed by atoms with E-state index in [1.165, 1.54) is 17.8 Å². The van der Waals surface area contributed by atoms with Gasteiger partial charge in [-0.3, -0.25) is 4.79 Å². The first-order valence-corrected chi connectivity index (χ1v) is 8.88. The number of hydrogen-bond acceptors (Lipinski definition) is 2. The van der Waals surface area contributed by atoms with Crippen LogP contribution in [0.1, 0.15) is 5.56 Å². The van der Waals surface area contributed by atoms with Gasteiger partial charge in [0.2, 0.25) is 5.91 Å². The number of carbonyl (C=O) groups is 1. The van der Waals surface area contributed by atoms with Crippen molar-refractivity contribution in [1.29, 1.82) is 0 Å². The van der Waals surface area contributed by atoms with Crippen molar-refractivity contribution in [3.8, 4) is 0 Å². The van der Waals surface area contributed by atoms with E-state index in [2.05, 4.69) is 10.3 Å². The van der Waals surface area contributed by atoms with Crippen molar-refractivity contribution in [1.82, 2.24) is 4.98 Å². The molecule has 3 aromatic rings. The lowest BCUT2D eigenvalue weighted by atomic mass is 10.2. The van der Waals surface area contributed by atoms with Gasteiger partial charge < -0.3 is 5.32 Å². The Balaban J connectivity index is 1.68. The maximum atomic E-state index is 12.9. The van der Waals surface area contributed by atoms with Crippen LogP contribution in [0.3, 0.4) is 0 Å². The van der Waals surface area contributed by atoms with Crippen molar-refractivity contribution < 1.29 is 22.5 Å². The zero-order chi connectivity index (χ0) is 18.9. The fourth-order valence-corrected chi connectivity index (χ4v) is 3.50. The number of imidazole rings is 1. The first-order valence-electron chi connectivity index (χ1n) is 7.52. The van der Waals surface area contributed by atoms with Crippen LogP contribution in [0.15, 0.2) is 47.6 Å². The number of nitrogens with zero attached hydrogens (tertiary/aromatic N) is 1. The zero-order valence-corrected chi connectivity index (χ0v) is 15.1. The van der Waals surface area contributed by atoms with E-state index in [9.17, 15) is 18.0 Å². The van der Waals surface area contributed by atoms with Gasteiger partial charge in [-0.2, -0.15) is 13.2 Å². The first kappa shape index (κ1) is 18.6. The Morgan fingerprint density at radius 1 is 1.27 bits per heavy atom. The number of carbonyl (C=O) groups excluding carboxylic acids is 1. The van der Waals surface area contributed by atoms with Gasteiger partial charge in [-0.25, -0.2) is 9.55 Å². The van der Waals surface area contributed by atoms with Crippen LogP contribution in [0.4, 0.5) is 18.9 Å². The smallest absolute Gasteiger partial charge is 0.325 e. The summed E-state index contributed by atoms with van der Waals surface area (Å²) >= 11 is 6.83. The molecule has 9 heteroatoms. The second kappa shape index (κ2) is 7.20. The number of nitrogens with one attached hydrogen (secondary N) is 2. The number of rotatable bonds is 4. The van der Waals surface area contributed by atoms with Gasteiger partial charge >= 0.3 is 11.3 Å². The third-order valence-corrected chi connectivity index (χ3v) is 5.09. The fourth-order valence-electron chi connectivity index (χ4n) is 2.46. The molecule has 0 fully saturated rings. The standard InChI is InChI=1S/C17H13ClF3N3OS/c1-24-14-5-3-2-4-13(14)23-16(24)26-9-15(25)22-10-6-7-12(18)11(8-10)17(19,20)21/h2-8H,9H2,1H3,(H,22,25)/p+1. The van der Waals surface area contributed by atoms with Crippen molar-refractivity contribution in [3.63, 3.8) is 0 Å². The second-order valence-electron chi connectivity index (χ2n) is 5.54. The quantitative estimate of drug-likeness (QED) is 0.504. The molecule has 1 heterocycles. The molecule has 0 aliphatic rings. The van der Waals surface area contributed by atoms with Gasteiger partial charge in [-0.05, 0) is 42.1 Å². The summed E-state index contributed by atoms with van der Waals surface area (Å²) in [6.07, 6.45) is -4.58. The number of aryl methyl sites for hydroxylation is 1. The highest BCUT2D eigenvalue weighted by Crippen LogP contribution is 2.36. The summed E-state index contributed by atoms with van der Waals surface area (Å²) in [5, 5.41) is 2.83. The minimum atomic E-state index is -4.58. The molecule has 2 N–H and O–H groups in total. The summed E-state index contributed by atoms with van der Waals surface area (Å²) in [4.78, 5) is 15.3. The topological polar surface area (TPSA) is 48.8 Å². The van der Waals surface area contributed by atoms with E-state index >= 15 is 0 Å². The number of hydrogen-bond donors (Lipinski definition) is 2. The van der Waals surface area contributed by atoms with E-state index in [0.717, 1.165) is 28.3 Å². The number of halogens is 4. The number of anilines is 1. The van der Waals surface area contributed by atoms with Gasteiger partial charge in [-0.15, -0.1) is 0 Å². The SMILES string of the molecule is C[n+]1c(SCC(=O)Nc2ccc(Cl)c(C(F)(F)F)c2)[nH]c2ccccc21. The number of alkyl halides is 3. The van der Waals surface area contributed by atoms with Crippen LogP contribution < -0.4 is 9.88 Å². The zero-order valence-electron chi connectivity index (χ0n) is 13.5. The number of para-hydroxylation sites is 2. The van der Waals surface area contributed by atoms with Crippen LogP contribution in [0.25, 0.3) is 11.0 Å². The molecule has 3 rings (SSSR count). The van der Waals surface area contributed by atoms with E-state index in [-0.39, 0.29) is 11.4 Å². The predicted octanol–water partition coefficient (Wildman–Crippen LogP) is 4.40. The molecule has 136 valence electrons. The highest BCUT2D eigenvalue weighted by molar-refractivity contribution is 7.99. The molecule has 0 atom stereocenters. The van der Waals surface area contributed by atoms with E-state index in [4.69, 9.17) is 11.6 Å². The maximum absolute atomic E-state index is 12.9. The van der Waals surface area contributed by atoms with Crippen LogP contribution in [0, 0.1) is 0 Å². The number of fused-ring (bicyclic) bond motifs is 1. The van der Waals surface area contributed by atoms with Crippen LogP contribution in [0.2, 0.25) is 5.02 Å². The number of benzene rings is 2. The van der Waals surface area contributed by atoms with Crippen molar-refractivity contribution in [2.45, 2.75) is 11.3 Å². The van der Waals surface area contributed by atoms with E-state index in [1.807, 2.05) is 35.9 Å². The number of thioether (sulfide) groups is 1. The second-order valence-corrected chi connectivity index (χ2v) is 6.91. The third-order valence-electron chi connectivity index (χ3n) is 3.71. The molecule has 1 amide bonds. The Hall–Kier alpha value is -2.19. The molecule has 0 bridgehead atoms. The van der Waals surface area contributed by atoms with Crippen LogP contribution in [0.5, 0.6) is 0 Å². The largest absolute Gasteiger partial charge is 0.417 e. The third kappa shape index (κ3) is 3.96. The summed E-state index contributed by atoms with van der Waals surface area (Å²) in [6.45, 7) is 0. The van der Waals surface area contributed by atoms with Gasteiger partial charge in [0.1, 0.15) is 0 Å². The van der Waals surface area contributed by atoms with Gasteiger partial charge in [0, 0.05) is 5.69 Å². The Morgan fingerprint density at radius 2 is 2.00 bits per heavy atom. The van der Waals surface area contributed by atoms with Crippen molar-refractivity contribution in [2.75, 3.05) is 11.1 Å². The monoisotopic (exact) mass is 400 g/mol. The van der Waals surface area contributed by atoms with E-state index in [0.29, 0.717) is 0 Å². The van der Waals surface area contributed by atoms with Crippen molar-refractivity contribution >= 4 is 46.0 Å². The summed E-state index contributed by atoms with van der Waals surface area (Å²) in [5.41, 5.74) is 0.994. The van der Waals surface area contributed by atoms with Crippen LogP contribution in [-0.4, -0.2) is 16.6 Å². The minimum absolute atomic E-state index is 0.0463. The van der Waals surface area contributed by atoms with Gasteiger partial charge in [0.25, 0.3) is 0 Å². The van der Waals surface area contributed by atoms with Crippen LogP contribution in [-0.2, 0) is 18.0 Å². The normalized spacial score (nSPS) is 11.7. The summed E-state index contributed by atoms with van der Waals surface area (Å²) < 4.78 is 40.5. The van der Waals surface area contributed by atoms with E-state index in [1.54, 1.807) is 0 Å². The summed E-state index contributed by atoms with van der Waals surface area (Å²) in [5.74, 6) is -0.367. The summed E-state index contributed by atoms with van der Waals surface area (Å²) in [7, 11) is 1.87. The molecular formula is C17H14ClF3N3OS+. The number of aromatic amines is 1. The highest BCUT2D eigenvalue weighted by Gasteiger charge is 2.33.